The van der Waals surface area contributed by atoms with Crippen molar-refractivity contribution in [3.63, 3.8) is 0 Å². The van der Waals surface area contributed by atoms with Crippen LogP contribution >= 0.6 is 0 Å². The van der Waals surface area contributed by atoms with E-state index in [-0.39, 0.29) is 11.4 Å². The first-order valence-corrected chi connectivity index (χ1v) is 8.83. The van der Waals surface area contributed by atoms with Gasteiger partial charge in [-0.05, 0) is 35.8 Å². The Bertz CT molecular complexity index is 774. The van der Waals surface area contributed by atoms with Crippen molar-refractivity contribution in [3.8, 4) is 0 Å². The average Bonchev–Trinajstić information content (AvgIpc) is 2.95. The predicted octanol–water partition coefficient (Wildman–Crippen LogP) is 4.17. The zero-order chi connectivity index (χ0) is 17.0. The Kier molecular flexibility index (Phi) is 5.23. The minimum absolute atomic E-state index is 0.0724. The zero-order valence-corrected chi connectivity index (χ0v) is 14.2. The summed E-state index contributed by atoms with van der Waals surface area (Å²) in [5.41, 5.74) is 1.89. The topological polar surface area (TPSA) is 59.3 Å². The highest BCUT2D eigenvalue weighted by Gasteiger charge is 2.15. The van der Waals surface area contributed by atoms with Gasteiger partial charge in [0, 0.05) is 5.56 Å². The minimum Gasteiger partial charge on any atom is -0.460 e. The van der Waals surface area contributed by atoms with E-state index in [9.17, 15) is 8.42 Å². The predicted molar refractivity (Wildman–Crippen MR) is 93.4 cm³/mol. The van der Waals surface area contributed by atoms with Gasteiger partial charge in [0.25, 0.3) is 0 Å². The molecule has 2 rings (SSSR count). The SMILES string of the molecule is C=Cc1cc(CNS(=O)(=O)c2ccc(C(C)C)cc2)oc1C=C. The summed E-state index contributed by atoms with van der Waals surface area (Å²) in [4.78, 5) is 0.237. The van der Waals surface area contributed by atoms with Gasteiger partial charge in [0.1, 0.15) is 11.5 Å². The molecule has 0 saturated carbocycles. The third-order valence-electron chi connectivity index (χ3n) is 3.54. The lowest BCUT2D eigenvalue weighted by molar-refractivity contribution is 0.491. The molecule has 0 fully saturated rings. The lowest BCUT2D eigenvalue weighted by atomic mass is 10.0. The average molecular weight is 331 g/mol. The van der Waals surface area contributed by atoms with Crippen LogP contribution in [0.3, 0.4) is 0 Å². The molecule has 1 aromatic heterocycles. The van der Waals surface area contributed by atoms with Crippen LogP contribution in [0.4, 0.5) is 0 Å². The van der Waals surface area contributed by atoms with Crippen LogP contribution in [0, 0.1) is 0 Å². The van der Waals surface area contributed by atoms with Gasteiger partial charge in [-0.15, -0.1) is 0 Å². The summed E-state index contributed by atoms with van der Waals surface area (Å²) in [7, 11) is -3.58. The van der Waals surface area contributed by atoms with Gasteiger partial charge in [-0.2, -0.15) is 0 Å². The second-order valence-corrected chi connectivity index (χ2v) is 7.26. The van der Waals surface area contributed by atoms with Crippen molar-refractivity contribution in [1.82, 2.24) is 4.72 Å². The van der Waals surface area contributed by atoms with Gasteiger partial charge in [0.05, 0.1) is 11.4 Å². The molecule has 0 saturated heterocycles. The van der Waals surface area contributed by atoms with Crippen LogP contribution in [0.5, 0.6) is 0 Å². The normalized spacial score (nSPS) is 11.6. The third kappa shape index (κ3) is 4.00. The van der Waals surface area contributed by atoms with Crippen LogP contribution in [-0.2, 0) is 16.6 Å². The van der Waals surface area contributed by atoms with Crippen molar-refractivity contribution in [2.75, 3.05) is 0 Å². The highest BCUT2D eigenvalue weighted by molar-refractivity contribution is 7.89. The van der Waals surface area contributed by atoms with Crippen LogP contribution in [0.15, 0.2) is 52.8 Å². The largest absolute Gasteiger partial charge is 0.460 e. The molecular weight excluding hydrogens is 310 g/mol. The molecule has 23 heavy (non-hydrogen) atoms. The summed E-state index contributed by atoms with van der Waals surface area (Å²) in [6, 6.07) is 8.64. The fourth-order valence-corrected chi connectivity index (χ4v) is 3.16. The molecule has 1 N–H and O–H groups in total. The van der Waals surface area contributed by atoms with Gasteiger partial charge in [-0.25, -0.2) is 13.1 Å². The van der Waals surface area contributed by atoms with E-state index in [0.717, 1.165) is 11.1 Å². The lowest BCUT2D eigenvalue weighted by Crippen LogP contribution is -2.23. The van der Waals surface area contributed by atoms with Gasteiger partial charge in [0.15, 0.2) is 0 Å². The van der Waals surface area contributed by atoms with E-state index in [2.05, 4.69) is 31.7 Å². The molecule has 0 unspecified atom stereocenters. The Hall–Kier alpha value is -2.11. The fraction of sp³-hybridized carbons (Fsp3) is 0.222. The molecule has 4 nitrogen and oxygen atoms in total. The van der Waals surface area contributed by atoms with Crippen LogP contribution < -0.4 is 4.72 Å². The van der Waals surface area contributed by atoms with Gasteiger partial charge in [-0.3, -0.25) is 0 Å². The number of benzene rings is 1. The summed E-state index contributed by atoms with van der Waals surface area (Å²) in [6.07, 6.45) is 3.21. The molecule has 1 heterocycles. The second kappa shape index (κ2) is 6.98. The molecular formula is C18H21NO3S. The maximum Gasteiger partial charge on any atom is 0.240 e. The molecule has 0 aliphatic carbocycles. The van der Waals surface area contributed by atoms with Crippen molar-refractivity contribution in [3.05, 3.63) is 66.1 Å². The van der Waals surface area contributed by atoms with Gasteiger partial charge in [-0.1, -0.05) is 45.2 Å². The van der Waals surface area contributed by atoms with E-state index >= 15 is 0 Å². The van der Waals surface area contributed by atoms with Crippen molar-refractivity contribution >= 4 is 22.2 Å². The van der Waals surface area contributed by atoms with E-state index < -0.39 is 10.0 Å². The van der Waals surface area contributed by atoms with Crippen LogP contribution in [0.25, 0.3) is 12.2 Å². The summed E-state index contributed by atoms with van der Waals surface area (Å²) in [6.45, 7) is 11.5. The minimum atomic E-state index is -3.58. The van der Waals surface area contributed by atoms with Gasteiger partial charge < -0.3 is 4.42 Å². The number of hydrogen-bond donors (Lipinski definition) is 1. The summed E-state index contributed by atoms with van der Waals surface area (Å²) < 4.78 is 32.7. The Labute approximate surface area is 137 Å². The quantitative estimate of drug-likeness (QED) is 0.828. The molecule has 0 radical (unpaired) electrons. The molecule has 0 aliphatic heterocycles. The maximum absolute atomic E-state index is 12.3. The standard InChI is InChI=1S/C18H21NO3S/c1-5-14-11-16(22-18(14)6-2)12-19-23(20,21)17-9-7-15(8-10-17)13(3)4/h5-11,13,19H,1-2,12H2,3-4H3. The van der Waals surface area contributed by atoms with E-state index in [1.165, 1.54) is 0 Å². The number of nitrogens with one attached hydrogen (secondary N) is 1. The number of furan rings is 1. The number of hydrogen-bond acceptors (Lipinski definition) is 3. The van der Waals surface area contributed by atoms with Crippen molar-refractivity contribution in [1.29, 1.82) is 0 Å². The van der Waals surface area contributed by atoms with E-state index in [0.29, 0.717) is 17.4 Å². The Balaban J connectivity index is 2.13. The first-order valence-electron chi connectivity index (χ1n) is 7.34. The third-order valence-corrected chi connectivity index (χ3v) is 4.96. The molecule has 122 valence electrons. The Morgan fingerprint density at radius 1 is 1.17 bits per heavy atom. The molecule has 1 aromatic carbocycles. The molecule has 2 aromatic rings. The molecule has 0 spiro atoms. The van der Waals surface area contributed by atoms with Gasteiger partial charge in [0.2, 0.25) is 10.0 Å². The highest BCUT2D eigenvalue weighted by atomic mass is 32.2. The fourth-order valence-electron chi connectivity index (χ4n) is 2.16. The second-order valence-electron chi connectivity index (χ2n) is 5.49. The molecule has 0 bridgehead atoms. The highest BCUT2D eigenvalue weighted by Crippen LogP contribution is 2.20. The first-order chi connectivity index (χ1) is 10.9. The molecule has 0 amide bonds. The van der Waals surface area contributed by atoms with Crippen molar-refractivity contribution in [2.24, 2.45) is 0 Å². The molecule has 0 atom stereocenters. The zero-order valence-electron chi connectivity index (χ0n) is 13.4. The monoisotopic (exact) mass is 331 g/mol. The number of sulfonamides is 1. The van der Waals surface area contributed by atoms with E-state index in [4.69, 9.17) is 4.42 Å². The maximum atomic E-state index is 12.3. The van der Waals surface area contributed by atoms with Crippen LogP contribution in [0.2, 0.25) is 0 Å². The Morgan fingerprint density at radius 3 is 2.30 bits per heavy atom. The van der Waals surface area contributed by atoms with Crippen molar-refractivity contribution < 1.29 is 12.8 Å². The van der Waals surface area contributed by atoms with E-state index in [1.807, 2.05) is 12.1 Å². The lowest BCUT2D eigenvalue weighted by Gasteiger charge is -2.08. The van der Waals surface area contributed by atoms with Crippen molar-refractivity contribution in [2.45, 2.75) is 31.2 Å². The summed E-state index contributed by atoms with van der Waals surface area (Å²) in [5, 5.41) is 0. The first kappa shape index (κ1) is 17.2. The van der Waals surface area contributed by atoms with Crippen LogP contribution in [-0.4, -0.2) is 8.42 Å². The summed E-state index contributed by atoms with van der Waals surface area (Å²) in [5.74, 6) is 1.45. The van der Waals surface area contributed by atoms with Gasteiger partial charge >= 0.3 is 0 Å². The Morgan fingerprint density at radius 2 is 1.83 bits per heavy atom. The summed E-state index contributed by atoms with van der Waals surface area (Å²) >= 11 is 0. The molecule has 5 heteroatoms. The van der Waals surface area contributed by atoms with E-state index in [1.54, 1.807) is 30.4 Å². The van der Waals surface area contributed by atoms with Crippen LogP contribution in [0.1, 0.15) is 42.4 Å². The molecule has 0 aliphatic rings. The smallest absolute Gasteiger partial charge is 0.240 e. The number of rotatable bonds is 7.